The smallest absolute Gasteiger partial charge is 0.288 e. The Kier molecular flexibility index (Phi) is 15.1. The molecule has 0 heterocycles. The number of aryl methyl sites for hydroxylation is 2. The molecule has 0 spiro atoms. The molecular weight excluding hydrogens is 678 g/mol. The van der Waals surface area contributed by atoms with Gasteiger partial charge in [0.1, 0.15) is 9.79 Å². The average molecular weight is 718 g/mol. The fourth-order valence-corrected chi connectivity index (χ4v) is 8.26. The van der Waals surface area contributed by atoms with Crippen LogP contribution in [0.15, 0.2) is 39.0 Å². The number of nitro groups is 2. The molecule has 18 heteroatoms. The van der Waals surface area contributed by atoms with Gasteiger partial charge in [-0.3, -0.25) is 29.8 Å². The van der Waals surface area contributed by atoms with Gasteiger partial charge in [-0.15, -0.1) is 0 Å². The van der Waals surface area contributed by atoms with Crippen molar-refractivity contribution >= 4 is 59.8 Å². The van der Waals surface area contributed by atoms with Crippen LogP contribution in [0, 0.1) is 20.2 Å². The van der Waals surface area contributed by atoms with Crippen LogP contribution < -0.4 is 11.5 Å². The molecule has 0 aliphatic rings. The van der Waals surface area contributed by atoms with E-state index >= 15 is 0 Å². The minimum atomic E-state index is -3.91. The van der Waals surface area contributed by atoms with Gasteiger partial charge in [0.15, 0.2) is 25.6 Å². The molecule has 2 atom stereocenters. The molecule has 0 aliphatic heterocycles. The van der Waals surface area contributed by atoms with E-state index in [0.717, 1.165) is 12.1 Å². The van der Waals surface area contributed by atoms with Crippen LogP contribution >= 0.6 is 11.6 Å². The second kappa shape index (κ2) is 17.3. The van der Waals surface area contributed by atoms with Crippen LogP contribution in [0.3, 0.4) is 0 Å². The fourth-order valence-electron chi connectivity index (χ4n) is 4.66. The summed E-state index contributed by atoms with van der Waals surface area (Å²) in [6.45, 7) is 10.1. The van der Waals surface area contributed by atoms with Gasteiger partial charge in [-0.25, -0.2) is 16.8 Å². The number of rotatable bonds is 14. The van der Waals surface area contributed by atoms with Gasteiger partial charge in [0.05, 0.1) is 25.9 Å². The number of sulfone groups is 2. The molecule has 2 rings (SSSR count). The van der Waals surface area contributed by atoms with Crippen LogP contribution in [0.4, 0.5) is 11.4 Å². The predicted molar refractivity (Wildman–Crippen MR) is 178 cm³/mol. The van der Waals surface area contributed by atoms with Crippen molar-refractivity contribution in [1.82, 2.24) is 0 Å². The lowest BCUT2D eigenvalue weighted by molar-refractivity contribution is -0.388. The third-order valence-electron chi connectivity index (χ3n) is 7.26. The molecule has 0 saturated heterocycles. The zero-order chi connectivity index (χ0) is 36.4. The lowest BCUT2D eigenvalue weighted by Crippen LogP contribution is -2.24. The number of benzene rings is 2. The number of carbonyl (C=O) groups excluding carboxylic acids is 2. The first-order valence-electron chi connectivity index (χ1n) is 14.7. The maximum Gasteiger partial charge on any atom is 0.288 e. The molecule has 1 amide bonds. The zero-order valence-electron chi connectivity index (χ0n) is 27.0. The monoisotopic (exact) mass is 717 g/mol. The van der Waals surface area contributed by atoms with Crippen molar-refractivity contribution < 1.29 is 36.3 Å². The molecule has 0 bridgehead atoms. The second-order valence-electron chi connectivity index (χ2n) is 10.6. The molecule has 2 aromatic carbocycles. The van der Waals surface area contributed by atoms with Gasteiger partial charge >= 0.3 is 0 Å². The number of aliphatic imine (C=N–C) groups is 1. The minimum Gasteiger partial charge on any atom is -0.370 e. The Bertz CT molecular complexity index is 1770. The highest BCUT2D eigenvalue weighted by molar-refractivity contribution is 7.92. The van der Waals surface area contributed by atoms with Gasteiger partial charge in [-0.2, -0.15) is 4.99 Å². The lowest BCUT2D eigenvalue weighted by Gasteiger charge is -2.14. The highest BCUT2D eigenvalue weighted by Crippen LogP contribution is 2.33. The van der Waals surface area contributed by atoms with Gasteiger partial charge in [-0.05, 0) is 74.4 Å². The standard InChI is InChI=1S/C15H22N4O5S.C14H18ClNO5S/c1-4-6-9(3)25(23,24)13-7-10(5-2)11(8-12(13)19(21)22)14(20)18-15(16)17;1-4-6-9(3)22(20,21)13-7-10(5-2)11(14(15)17)8-12(13)16(18)19/h7-9H,4-6H2,1-3H3,(H4,16,17,18,20);7-9H,4-6H2,1-3H3. The number of nitrogens with two attached hydrogens (primary N) is 2. The molecular formula is C29H40ClN5O10S2. The number of hydrogen-bond donors (Lipinski definition) is 2. The van der Waals surface area contributed by atoms with Crippen LogP contribution in [0.5, 0.6) is 0 Å². The Morgan fingerprint density at radius 1 is 0.766 bits per heavy atom. The van der Waals surface area contributed by atoms with E-state index in [1.807, 2.05) is 13.8 Å². The summed E-state index contributed by atoms with van der Waals surface area (Å²) in [6.07, 6.45) is 2.66. The molecule has 0 saturated carbocycles. The molecule has 0 aromatic heterocycles. The maximum atomic E-state index is 12.7. The molecule has 2 unspecified atom stereocenters. The Hall–Kier alpha value is -3.96. The van der Waals surface area contributed by atoms with Crippen molar-refractivity contribution in [3.05, 3.63) is 66.7 Å². The van der Waals surface area contributed by atoms with E-state index in [1.165, 1.54) is 26.0 Å². The van der Waals surface area contributed by atoms with E-state index in [0.29, 0.717) is 43.2 Å². The number of nitrogens with zero attached hydrogens (tertiary/aromatic N) is 3. The summed E-state index contributed by atoms with van der Waals surface area (Å²) in [4.78, 5) is 47.1. The average Bonchev–Trinajstić information content (AvgIpc) is 2.99. The van der Waals surface area contributed by atoms with Crippen LogP contribution in [0.25, 0.3) is 0 Å². The van der Waals surface area contributed by atoms with E-state index in [9.17, 15) is 46.7 Å². The predicted octanol–water partition coefficient (Wildman–Crippen LogP) is 5.03. The first kappa shape index (κ1) is 41.1. The number of nitro benzene ring substituents is 2. The summed E-state index contributed by atoms with van der Waals surface area (Å²) in [5.74, 6) is -1.34. The van der Waals surface area contributed by atoms with E-state index in [-0.39, 0.29) is 22.4 Å². The topological polar surface area (TPSA) is 253 Å². The van der Waals surface area contributed by atoms with Crippen LogP contribution in [0.2, 0.25) is 0 Å². The van der Waals surface area contributed by atoms with Crippen LogP contribution in [-0.4, -0.2) is 54.3 Å². The first-order chi connectivity index (χ1) is 21.7. The Balaban J connectivity index is 0.000000474. The summed E-state index contributed by atoms with van der Waals surface area (Å²) >= 11 is 5.43. The summed E-state index contributed by atoms with van der Waals surface area (Å²) in [7, 11) is -7.76. The van der Waals surface area contributed by atoms with E-state index in [4.69, 9.17) is 23.1 Å². The third-order valence-corrected chi connectivity index (χ3v) is 11.9. The molecule has 260 valence electrons. The zero-order valence-corrected chi connectivity index (χ0v) is 29.4. The Morgan fingerprint density at radius 2 is 1.13 bits per heavy atom. The maximum absolute atomic E-state index is 12.7. The number of hydrogen-bond acceptors (Lipinski definition) is 10. The molecule has 0 radical (unpaired) electrons. The van der Waals surface area contributed by atoms with Gasteiger partial charge in [-0.1, -0.05) is 40.5 Å². The third kappa shape index (κ3) is 10.0. The number of carbonyl (C=O) groups is 2. The lowest BCUT2D eigenvalue weighted by atomic mass is 10.0. The highest BCUT2D eigenvalue weighted by Gasteiger charge is 2.34. The van der Waals surface area contributed by atoms with Crippen molar-refractivity contribution in [3.8, 4) is 0 Å². The molecule has 2 aromatic rings. The molecule has 0 aliphatic carbocycles. The van der Waals surface area contributed by atoms with E-state index < -0.39 is 73.4 Å². The fraction of sp³-hybridized carbons (Fsp3) is 0.483. The summed E-state index contributed by atoms with van der Waals surface area (Å²) < 4.78 is 50.6. The molecule has 0 fully saturated rings. The molecule has 15 nitrogen and oxygen atoms in total. The van der Waals surface area contributed by atoms with E-state index in [1.54, 1.807) is 13.8 Å². The van der Waals surface area contributed by atoms with Crippen LogP contribution in [-0.2, 0) is 32.5 Å². The number of guanidine groups is 1. The first-order valence-corrected chi connectivity index (χ1v) is 18.1. The SMILES string of the molecule is CCCC(C)S(=O)(=O)c1cc(CC)c(C(=O)Cl)cc1[N+](=O)[O-].CCCC(C)S(=O)(=O)c1cc(CC)c(C(=O)N=C(N)N)cc1[N+](=O)[O-]. The normalized spacial score (nSPS) is 12.7. The van der Waals surface area contributed by atoms with Gasteiger partial charge < -0.3 is 11.5 Å². The highest BCUT2D eigenvalue weighted by atomic mass is 35.5. The van der Waals surface area contributed by atoms with Gasteiger partial charge in [0, 0.05) is 17.7 Å². The second-order valence-corrected chi connectivity index (χ2v) is 15.6. The van der Waals surface area contributed by atoms with Crippen molar-refractivity contribution in [2.24, 2.45) is 16.5 Å². The number of halogens is 1. The molecule has 47 heavy (non-hydrogen) atoms. The van der Waals surface area contributed by atoms with Crippen molar-refractivity contribution in [1.29, 1.82) is 0 Å². The Labute approximate surface area is 278 Å². The Morgan fingerprint density at radius 3 is 1.43 bits per heavy atom. The summed E-state index contributed by atoms with van der Waals surface area (Å²) in [5.41, 5.74) is 9.66. The van der Waals surface area contributed by atoms with Crippen molar-refractivity contribution in [2.75, 3.05) is 0 Å². The van der Waals surface area contributed by atoms with Crippen LogP contribution in [0.1, 0.15) is 99.1 Å². The summed E-state index contributed by atoms with van der Waals surface area (Å²) in [5, 5.41) is 20.2. The largest absolute Gasteiger partial charge is 0.370 e. The van der Waals surface area contributed by atoms with E-state index in [2.05, 4.69) is 4.99 Å². The number of amides is 1. The summed E-state index contributed by atoms with van der Waals surface area (Å²) in [6, 6.07) is 4.27. The van der Waals surface area contributed by atoms with Gasteiger partial charge in [0.25, 0.3) is 22.5 Å². The minimum absolute atomic E-state index is 0.0297. The van der Waals surface area contributed by atoms with Crippen molar-refractivity contribution in [2.45, 2.75) is 100 Å². The quantitative estimate of drug-likeness (QED) is 0.0857. The molecule has 4 N–H and O–H groups in total. The van der Waals surface area contributed by atoms with Gasteiger partial charge in [0.2, 0.25) is 0 Å². The van der Waals surface area contributed by atoms with Crippen molar-refractivity contribution in [3.63, 3.8) is 0 Å².